The van der Waals surface area contributed by atoms with Gasteiger partial charge in [0.15, 0.2) is 0 Å². The molecule has 1 amide bonds. The highest BCUT2D eigenvalue weighted by Crippen LogP contribution is 2.35. The maximum Gasteiger partial charge on any atom is 0.253 e. The Morgan fingerprint density at radius 2 is 2.09 bits per heavy atom. The van der Waals surface area contributed by atoms with Crippen molar-refractivity contribution in [2.24, 2.45) is 0 Å². The third kappa shape index (κ3) is 5.11. The molecule has 2 aromatic heterocycles. The van der Waals surface area contributed by atoms with Gasteiger partial charge in [-0.1, -0.05) is 13.0 Å². The Kier molecular flexibility index (Phi) is 6.95. The average Bonchev–Trinajstić information content (AvgIpc) is 2.87. The van der Waals surface area contributed by atoms with Gasteiger partial charge in [0, 0.05) is 56.1 Å². The summed E-state index contributed by atoms with van der Waals surface area (Å²) < 4.78 is 5.51. The van der Waals surface area contributed by atoms with E-state index in [-0.39, 0.29) is 11.3 Å². The lowest BCUT2D eigenvalue weighted by atomic mass is 9.78. The summed E-state index contributed by atoms with van der Waals surface area (Å²) in [4.78, 5) is 28.8. The molecule has 34 heavy (non-hydrogen) atoms. The summed E-state index contributed by atoms with van der Waals surface area (Å²) in [6.45, 7) is 6.00. The normalized spacial score (nSPS) is 17.8. The second-order valence-corrected chi connectivity index (χ2v) is 8.96. The smallest absolute Gasteiger partial charge is 0.253 e. The molecule has 8 nitrogen and oxygen atoms in total. The summed E-state index contributed by atoms with van der Waals surface area (Å²) in [6.07, 6.45) is 5.45. The number of amides is 1. The minimum Gasteiger partial charge on any atom is -0.495 e. The van der Waals surface area contributed by atoms with Crippen LogP contribution in [-0.4, -0.2) is 53.0 Å². The van der Waals surface area contributed by atoms with Gasteiger partial charge in [-0.3, -0.25) is 9.78 Å². The fourth-order valence-corrected chi connectivity index (χ4v) is 4.49. The molecule has 2 N–H and O–H groups in total. The summed E-state index contributed by atoms with van der Waals surface area (Å²) in [7, 11) is 3.49. The van der Waals surface area contributed by atoms with Gasteiger partial charge in [-0.05, 0) is 49.6 Å². The standard InChI is InChI=1S/C26H32N6O2/c1-18-30-23(14-24(27-3)31-18)26(2)10-6-12-32(17-26)25(33)20-8-9-22(34-4)21(13-20)29-16-19-7-5-11-28-15-19/h5,7-9,11,13-15,29H,6,10,12,16-17H2,1-4H3,(H,27,30,31)/t26-/m0/s1. The lowest BCUT2D eigenvalue weighted by Gasteiger charge is -2.40. The first kappa shape index (κ1) is 23.5. The zero-order valence-corrected chi connectivity index (χ0v) is 20.3. The predicted molar refractivity (Wildman–Crippen MR) is 133 cm³/mol. The van der Waals surface area contributed by atoms with Crippen molar-refractivity contribution in [3.05, 3.63) is 71.4 Å². The van der Waals surface area contributed by atoms with E-state index in [0.29, 0.717) is 24.4 Å². The number of carbonyl (C=O) groups excluding carboxylic acids is 1. The minimum absolute atomic E-state index is 0.0117. The van der Waals surface area contributed by atoms with Gasteiger partial charge in [0.1, 0.15) is 17.4 Å². The van der Waals surface area contributed by atoms with E-state index < -0.39 is 0 Å². The number of likely N-dealkylation sites (tertiary alicyclic amines) is 1. The minimum atomic E-state index is -0.235. The second-order valence-electron chi connectivity index (χ2n) is 8.96. The van der Waals surface area contributed by atoms with E-state index in [1.165, 1.54) is 0 Å². The molecule has 1 aliphatic heterocycles. The summed E-state index contributed by atoms with van der Waals surface area (Å²) in [6, 6.07) is 11.4. The monoisotopic (exact) mass is 460 g/mol. The van der Waals surface area contributed by atoms with E-state index in [1.54, 1.807) is 13.3 Å². The maximum atomic E-state index is 13.5. The summed E-state index contributed by atoms with van der Waals surface area (Å²) in [5.74, 6) is 2.23. The van der Waals surface area contributed by atoms with Gasteiger partial charge in [0.25, 0.3) is 5.91 Å². The Labute approximate surface area is 200 Å². The fraction of sp³-hybridized carbons (Fsp3) is 0.385. The number of hydrogen-bond acceptors (Lipinski definition) is 7. The molecule has 178 valence electrons. The molecule has 1 atom stereocenters. The van der Waals surface area contributed by atoms with E-state index in [0.717, 1.165) is 48.0 Å². The number of nitrogens with one attached hydrogen (secondary N) is 2. The molecule has 1 fully saturated rings. The van der Waals surface area contributed by atoms with Crippen LogP contribution >= 0.6 is 0 Å². The van der Waals surface area contributed by atoms with Crippen molar-refractivity contribution in [2.45, 2.75) is 38.6 Å². The number of carbonyl (C=O) groups is 1. The van der Waals surface area contributed by atoms with Crippen molar-refractivity contribution in [1.82, 2.24) is 19.9 Å². The van der Waals surface area contributed by atoms with Crippen LogP contribution in [0.2, 0.25) is 0 Å². The zero-order chi connectivity index (χ0) is 24.1. The first-order valence-electron chi connectivity index (χ1n) is 11.6. The third-order valence-electron chi connectivity index (χ3n) is 6.35. The molecule has 0 bridgehead atoms. The van der Waals surface area contributed by atoms with Crippen molar-refractivity contribution in [2.75, 3.05) is 37.9 Å². The fourth-order valence-electron chi connectivity index (χ4n) is 4.49. The zero-order valence-electron chi connectivity index (χ0n) is 20.3. The number of aromatic nitrogens is 3. The highest BCUT2D eigenvalue weighted by atomic mass is 16.5. The van der Waals surface area contributed by atoms with E-state index in [1.807, 2.05) is 61.5 Å². The number of piperidine rings is 1. The maximum absolute atomic E-state index is 13.5. The Morgan fingerprint density at radius 1 is 1.24 bits per heavy atom. The lowest BCUT2D eigenvalue weighted by molar-refractivity contribution is 0.0647. The molecule has 1 aromatic carbocycles. The quantitative estimate of drug-likeness (QED) is 0.550. The van der Waals surface area contributed by atoms with Gasteiger partial charge < -0.3 is 20.3 Å². The van der Waals surface area contributed by atoms with Crippen LogP contribution in [0, 0.1) is 6.92 Å². The van der Waals surface area contributed by atoms with Crippen LogP contribution in [0.25, 0.3) is 0 Å². The van der Waals surface area contributed by atoms with Crippen LogP contribution in [0.5, 0.6) is 5.75 Å². The van der Waals surface area contributed by atoms with Gasteiger partial charge in [-0.25, -0.2) is 9.97 Å². The Bertz CT molecular complexity index is 1150. The first-order chi connectivity index (χ1) is 16.4. The molecule has 1 saturated heterocycles. The molecule has 4 rings (SSSR count). The molecule has 1 aliphatic rings. The van der Waals surface area contributed by atoms with Gasteiger partial charge in [-0.2, -0.15) is 0 Å². The Morgan fingerprint density at radius 3 is 2.82 bits per heavy atom. The first-order valence-corrected chi connectivity index (χ1v) is 11.6. The predicted octanol–water partition coefficient (Wildman–Crippen LogP) is 4.04. The number of nitrogens with zero attached hydrogens (tertiary/aromatic N) is 4. The molecule has 3 aromatic rings. The molecule has 0 unspecified atom stereocenters. The number of anilines is 2. The van der Waals surface area contributed by atoms with Crippen molar-refractivity contribution < 1.29 is 9.53 Å². The van der Waals surface area contributed by atoms with Gasteiger partial charge in [0.05, 0.1) is 18.5 Å². The topological polar surface area (TPSA) is 92.3 Å². The van der Waals surface area contributed by atoms with Crippen LogP contribution in [-0.2, 0) is 12.0 Å². The van der Waals surface area contributed by atoms with Crippen molar-refractivity contribution in [1.29, 1.82) is 0 Å². The Balaban J connectivity index is 1.54. The van der Waals surface area contributed by atoms with E-state index in [2.05, 4.69) is 27.5 Å². The van der Waals surface area contributed by atoms with E-state index in [9.17, 15) is 4.79 Å². The number of rotatable bonds is 7. The van der Waals surface area contributed by atoms with Crippen molar-refractivity contribution >= 4 is 17.4 Å². The van der Waals surface area contributed by atoms with Crippen molar-refractivity contribution in [3.8, 4) is 5.75 Å². The third-order valence-corrected chi connectivity index (χ3v) is 6.35. The number of pyridine rings is 1. The van der Waals surface area contributed by atoms with Crippen LogP contribution < -0.4 is 15.4 Å². The largest absolute Gasteiger partial charge is 0.495 e. The van der Waals surface area contributed by atoms with E-state index in [4.69, 9.17) is 9.72 Å². The average molecular weight is 461 g/mol. The van der Waals surface area contributed by atoms with Crippen molar-refractivity contribution in [3.63, 3.8) is 0 Å². The molecule has 3 heterocycles. The molecule has 0 radical (unpaired) electrons. The van der Waals surface area contributed by atoms with Gasteiger partial charge in [0.2, 0.25) is 0 Å². The van der Waals surface area contributed by atoms with Gasteiger partial charge in [-0.15, -0.1) is 0 Å². The number of ether oxygens (including phenoxy) is 1. The second kappa shape index (κ2) is 10.1. The summed E-state index contributed by atoms with van der Waals surface area (Å²) in [5.41, 5.74) is 3.20. The molecular weight excluding hydrogens is 428 g/mol. The number of methoxy groups -OCH3 is 1. The van der Waals surface area contributed by atoms with Crippen LogP contribution in [0.4, 0.5) is 11.5 Å². The van der Waals surface area contributed by atoms with E-state index >= 15 is 0 Å². The van der Waals surface area contributed by atoms with Crippen LogP contribution in [0.1, 0.15) is 47.2 Å². The molecule has 0 saturated carbocycles. The number of aryl methyl sites for hydroxylation is 1. The summed E-state index contributed by atoms with van der Waals surface area (Å²) >= 11 is 0. The number of benzene rings is 1. The van der Waals surface area contributed by atoms with Crippen LogP contribution in [0.15, 0.2) is 48.8 Å². The number of hydrogen-bond donors (Lipinski definition) is 2. The lowest BCUT2D eigenvalue weighted by Crippen LogP contribution is -2.47. The molecule has 0 spiro atoms. The van der Waals surface area contributed by atoms with Crippen LogP contribution in [0.3, 0.4) is 0 Å². The Hall–Kier alpha value is -3.68. The highest BCUT2D eigenvalue weighted by molar-refractivity contribution is 5.95. The summed E-state index contributed by atoms with van der Waals surface area (Å²) in [5, 5.41) is 6.49. The SMILES string of the molecule is CNc1cc([C@@]2(C)CCCN(C(=O)c3ccc(OC)c(NCc4cccnc4)c3)C2)nc(C)n1. The molecule has 8 heteroatoms. The van der Waals surface area contributed by atoms with Gasteiger partial charge >= 0.3 is 0 Å². The highest BCUT2D eigenvalue weighted by Gasteiger charge is 2.36. The molecule has 0 aliphatic carbocycles. The molecular formula is C26H32N6O2.